The molecule has 0 atom stereocenters. The van der Waals surface area contributed by atoms with Crippen LogP contribution in [0.3, 0.4) is 0 Å². The van der Waals surface area contributed by atoms with E-state index in [1.54, 1.807) is 0 Å². The fourth-order valence-corrected chi connectivity index (χ4v) is 3.82. The Kier molecular flexibility index (Phi) is 7.23. The van der Waals surface area contributed by atoms with Crippen molar-refractivity contribution < 1.29 is 4.79 Å². The molecule has 4 rings (SSSR count). The van der Waals surface area contributed by atoms with Gasteiger partial charge in [-0.1, -0.05) is 93.3 Å². The summed E-state index contributed by atoms with van der Waals surface area (Å²) < 4.78 is 0. The van der Waals surface area contributed by atoms with E-state index in [0.29, 0.717) is 12.1 Å². The van der Waals surface area contributed by atoms with Crippen LogP contribution in [0.5, 0.6) is 0 Å². The molecule has 0 saturated carbocycles. The van der Waals surface area contributed by atoms with Crippen molar-refractivity contribution in [3.8, 4) is 22.5 Å². The number of unbranched alkanes of at least 4 members (excludes halogenated alkanes) is 4. The molecule has 0 bridgehead atoms. The summed E-state index contributed by atoms with van der Waals surface area (Å²) in [4.78, 5) is 22.5. The van der Waals surface area contributed by atoms with Gasteiger partial charge in [-0.05, 0) is 24.6 Å². The predicted octanol–water partition coefficient (Wildman–Crippen LogP) is 6.66. The molecule has 0 aliphatic heterocycles. The molecule has 0 aliphatic rings. The largest absolute Gasteiger partial charge is 0.352 e. The van der Waals surface area contributed by atoms with Gasteiger partial charge in [-0.2, -0.15) is 0 Å². The second-order valence-corrected chi connectivity index (χ2v) is 8.03. The summed E-state index contributed by atoms with van der Waals surface area (Å²) in [7, 11) is 0. The van der Waals surface area contributed by atoms with Crippen LogP contribution in [0.1, 0.15) is 49.4 Å². The zero-order valence-corrected chi connectivity index (χ0v) is 18.6. The highest BCUT2D eigenvalue weighted by atomic mass is 16.1. The third kappa shape index (κ3) is 5.20. The zero-order valence-electron chi connectivity index (χ0n) is 18.6. The zero-order chi connectivity index (χ0) is 22.2. The van der Waals surface area contributed by atoms with Crippen molar-refractivity contribution in [2.24, 2.45) is 0 Å². The van der Waals surface area contributed by atoms with E-state index < -0.39 is 0 Å². The molecule has 3 aromatic carbocycles. The smallest absolute Gasteiger partial charge is 0.251 e. The molecule has 0 aliphatic carbocycles. The van der Waals surface area contributed by atoms with E-state index >= 15 is 0 Å². The summed E-state index contributed by atoms with van der Waals surface area (Å²) in [5, 5.41) is 3.04. The second kappa shape index (κ2) is 10.7. The maximum absolute atomic E-state index is 12.7. The minimum Gasteiger partial charge on any atom is -0.352 e. The van der Waals surface area contributed by atoms with E-state index in [9.17, 15) is 4.79 Å². The fraction of sp³-hybridized carbons (Fsp3) is 0.250. The van der Waals surface area contributed by atoms with Crippen LogP contribution in [0, 0.1) is 0 Å². The maximum atomic E-state index is 12.7. The second-order valence-electron chi connectivity index (χ2n) is 8.03. The molecule has 162 valence electrons. The average molecular weight is 424 g/mol. The average Bonchev–Trinajstić information content (AvgIpc) is 2.86. The molecule has 0 spiro atoms. The van der Waals surface area contributed by atoms with Crippen LogP contribution in [0.15, 0.2) is 78.9 Å². The van der Waals surface area contributed by atoms with Gasteiger partial charge in [0.15, 0.2) is 0 Å². The Morgan fingerprint density at radius 3 is 1.94 bits per heavy atom. The summed E-state index contributed by atoms with van der Waals surface area (Å²) >= 11 is 0. The van der Waals surface area contributed by atoms with E-state index in [2.05, 4.69) is 12.2 Å². The molecule has 0 saturated heterocycles. The molecule has 4 heteroatoms. The number of benzene rings is 3. The monoisotopic (exact) mass is 423 g/mol. The Morgan fingerprint density at radius 1 is 0.719 bits per heavy atom. The van der Waals surface area contributed by atoms with Gasteiger partial charge in [-0.3, -0.25) is 4.79 Å². The summed E-state index contributed by atoms with van der Waals surface area (Å²) in [6.07, 6.45) is 5.87. The minimum absolute atomic E-state index is 0.0578. The highest BCUT2D eigenvalue weighted by Gasteiger charge is 2.14. The summed E-state index contributed by atoms with van der Waals surface area (Å²) in [6, 6.07) is 25.7. The van der Waals surface area contributed by atoms with Gasteiger partial charge in [-0.15, -0.1) is 0 Å². The number of carbonyl (C=O) groups is 1. The number of rotatable bonds is 9. The normalized spacial score (nSPS) is 10.9. The Bertz CT molecular complexity index is 1170. The molecular formula is C28H29N3O. The number of fused-ring (bicyclic) bond motifs is 1. The molecule has 4 nitrogen and oxygen atoms in total. The van der Waals surface area contributed by atoms with E-state index in [4.69, 9.17) is 9.97 Å². The van der Waals surface area contributed by atoms with E-state index in [-0.39, 0.29) is 5.91 Å². The third-order valence-corrected chi connectivity index (χ3v) is 5.59. The van der Waals surface area contributed by atoms with E-state index in [0.717, 1.165) is 46.4 Å². The molecule has 1 N–H and O–H groups in total. The number of amides is 1. The van der Waals surface area contributed by atoms with Gasteiger partial charge in [0.1, 0.15) is 0 Å². The van der Waals surface area contributed by atoms with Gasteiger partial charge in [0.2, 0.25) is 0 Å². The highest BCUT2D eigenvalue weighted by molar-refractivity contribution is 5.98. The van der Waals surface area contributed by atoms with Crippen molar-refractivity contribution in [1.82, 2.24) is 15.3 Å². The molecule has 1 heterocycles. The molecular weight excluding hydrogens is 394 g/mol. The topological polar surface area (TPSA) is 54.9 Å². The lowest BCUT2D eigenvalue weighted by atomic mass is 10.0. The molecule has 0 unspecified atom stereocenters. The van der Waals surface area contributed by atoms with E-state index in [1.165, 1.54) is 19.3 Å². The van der Waals surface area contributed by atoms with Crippen molar-refractivity contribution in [3.63, 3.8) is 0 Å². The number of nitrogens with zero attached hydrogens (tertiary/aromatic N) is 2. The van der Waals surface area contributed by atoms with Gasteiger partial charge in [0, 0.05) is 23.2 Å². The number of hydrogen-bond donors (Lipinski definition) is 1. The standard InChI is InChI=1S/C28H29N3O/c1-2-3-4-5-12-19-29-28(32)23-17-18-24-25(20-23)31-27(22-15-10-7-11-16-22)26(30-24)21-13-8-6-9-14-21/h6-11,13-18,20H,2-5,12,19H2,1H3,(H,29,32). The number of carbonyl (C=O) groups excluding carboxylic acids is 1. The van der Waals surface area contributed by atoms with Crippen molar-refractivity contribution in [2.45, 2.75) is 39.0 Å². The first-order chi connectivity index (χ1) is 15.8. The molecule has 4 aromatic rings. The van der Waals surface area contributed by atoms with Crippen molar-refractivity contribution in [2.75, 3.05) is 6.54 Å². The van der Waals surface area contributed by atoms with Crippen LogP contribution in [-0.4, -0.2) is 22.4 Å². The van der Waals surface area contributed by atoms with Crippen LogP contribution in [-0.2, 0) is 0 Å². The Labute approximate surface area is 189 Å². The Hall–Kier alpha value is -3.53. The van der Waals surface area contributed by atoms with Crippen LogP contribution < -0.4 is 5.32 Å². The minimum atomic E-state index is -0.0578. The van der Waals surface area contributed by atoms with Gasteiger partial charge in [0.05, 0.1) is 22.4 Å². The Morgan fingerprint density at radius 2 is 1.31 bits per heavy atom. The van der Waals surface area contributed by atoms with Crippen LogP contribution in [0.25, 0.3) is 33.5 Å². The first-order valence-electron chi connectivity index (χ1n) is 11.5. The van der Waals surface area contributed by atoms with Crippen molar-refractivity contribution in [1.29, 1.82) is 0 Å². The van der Waals surface area contributed by atoms with Gasteiger partial charge < -0.3 is 5.32 Å². The van der Waals surface area contributed by atoms with Gasteiger partial charge >= 0.3 is 0 Å². The number of hydrogen-bond acceptors (Lipinski definition) is 3. The molecule has 0 radical (unpaired) electrons. The summed E-state index contributed by atoms with van der Waals surface area (Å²) in [5.74, 6) is -0.0578. The predicted molar refractivity (Wildman–Crippen MR) is 132 cm³/mol. The third-order valence-electron chi connectivity index (χ3n) is 5.59. The molecule has 32 heavy (non-hydrogen) atoms. The lowest BCUT2D eigenvalue weighted by Gasteiger charge is -2.11. The maximum Gasteiger partial charge on any atom is 0.251 e. The Balaban J connectivity index is 1.63. The first kappa shape index (κ1) is 21.7. The summed E-state index contributed by atoms with van der Waals surface area (Å²) in [6.45, 7) is 2.91. The van der Waals surface area contributed by atoms with Gasteiger partial charge in [-0.25, -0.2) is 9.97 Å². The van der Waals surface area contributed by atoms with Gasteiger partial charge in [0.25, 0.3) is 5.91 Å². The summed E-state index contributed by atoms with van der Waals surface area (Å²) in [5.41, 5.74) is 5.80. The molecule has 1 aromatic heterocycles. The number of nitrogens with one attached hydrogen (secondary N) is 1. The van der Waals surface area contributed by atoms with Crippen molar-refractivity contribution >= 4 is 16.9 Å². The quantitative estimate of drug-likeness (QED) is 0.306. The highest BCUT2D eigenvalue weighted by Crippen LogP contribution is 2.31. The van der Waals surface area contributed by atoms with Crippen LogP contribution in [0.4, 0.5) is 0 Å². The molecule has 1 amide bonds. The SMILES string of the molecule is CCCCCCCNC(=O)c1ccc2nc(-c3ccccc3)c(-c3ccccc3)nc2c1. The molecule has 0 fully saturated rings. The number of aromatic nitrogens is 2. The van der Waals surface area contributed by atoms with Crippen LogP contribution in [0.2, 0.25) is 0 Å². The fourth-order valence-electron chi connectivity index (χ4n) is 3.82. The van der Waals surface area contributed by atoms with E-state index in [1.807, 2.05) is 78.9 Å². The lowest BCUT2D eigenvalue weighted by molar-refractivity contribution is 0.0953. The first-order valence-corrected chi connectivity index (χ1v) is 11.5. The lowest BCUT2D eigenvalue weighted by Crippen LogP contribution is -2.24. The van der Waals surface area contributed by atoms with Crippen molar-refractivity contribution in [3.05, 3.63) is 84.4 Å². The van der Waals surface area contributed by atoms with Crippen LogP contribution >= 0.6 is 0 Å².